The van der Waals surface area contributed by atoms with Gasteiger partial charge in [0, 0.05) is 6.61 Å². The van der Waals surface area contributed by atoms with E-state index in [4.69, 9.17) is 15.0 Å². The molecule has 0 radical (unpaired) electrons. The largest absolute Gasteiger partial charge is 0.545 e. The summed E-state index contributed by atoms with van der Waals surface area (Å²) < 4.78 is 0. The van der Waals surface area contributed by atoms with Crippen molar-refractivity contribution in [2.45, 2.75) is 19.8 Å². The highest BCUT2D eigenvalue weighted by atomic mass is 16.4. The predicted molar refractivity (Wildman–Crippen MR) is 37.2 cm³/mol. The van der Waals surface area contributed by atoms with E-state index in [0.29, 0.717) is 6.61 Å². The van der Waals surface area contributed by atoms with Crippen LogP contribution in [0.4, 0.5) is 0 Å². The SMILES string of the molecule is C=CC(=O)[O-].CCCCO. The number of hydrogen-bond donors (Lipinski definition) is 1. The lowest BCUT2D eigenvalue weighted by Gasteiger charge is -1.81. The second-order valence-corrected chi connectivity index (χ2v) is 1.60. The van der Waals surface area contributed by atoms with E-state index < -0.39 is 5.97 Å². The Balaban J connectivity index is 0. The fourth-order valence-electron chi connectivity index (χ4n) is 0.158. The first-order chi connectivity index (χ1) is 4.68. The molecule has 0 fully saturated rings. The number of carboxylic acid groups (broad SMARTS) is 1. The molecule has 0 aliphatic rings. The molecule has 60 valence electrons. The van der Waals surface area contributed by atoms with Gasteiger partial charge in [-0.1, -0.05) is 19.9 Å². The van der Waals surface area contributed by atoms with Gasteiger partial charge in [0.1, 0.15) is 0 Å². The van der Waals surface area contributed by atoms with Gasteiger partial charge in [-0.3, -0.25) is 0 Å². The summed E-state index contributed by atoms with van der Waals surface area (Å²) >= 11 is 0. The minimum atomic E-state index is -1.23. The molecule has 0 aromatic heterocycles. The van der Waals surface area contributed by atoms with Crippen molar-refractivity contribution >= 4 is 5.97 Å². The average molecular weight is 145 g/mol. The van der Waals surface area contributed by atoms with Gasteiger partial charge < -0.3 is 15.0 Å². The molecule has 0 aromatic rings. The number of hydrogen-bond acceptors (Lipinski definition) is 3. The number of carboxylic acids is 1. The summed E-state index contributed by atoms with van der Waals surface area (Å²) in [4.78, 5) is 9.14. The Kier molecular flexibility index (Phi) is 13.1. The summed E-state index contributed by atoms with van der Waals surface area (Å²) in [6.45, 7) is 5.29. The van der Waals surface area contributed by atoms with Crippen LogP contribution in [0.15, 0.2) is 12.7 Å². The molecule has 0 heterocycles. The molecule has 3 nitrogen and oxygen atoms in total. The monoisotopic (exact) mass is 145 g/mol. The van der Waals surface area contributed by atoms with Crippen LogP contribution in [0.2, 0.25) is 0 Å². The minimum Gasteiger partial charge on any atom is -0.545 e. The summed E-state index contributed by atoms with van der Waals surface area (Å²) in [6.07, 6.45) is 2.76. The van der Waals surface area contributed by atoms with E-state index in [1.54, 1.807) is 0 Å². The molecule has 0 saturated heterocycles. The van der Waals surface area contributed by atoms with Crippen molar-refractivity contribution in [1.29, 1.82) is 0 Å². The van der Waals surface area contributed by atoms with E-state index in [2.05, 4.69) is 13.5 Å². The Morgan fingerprint density at radius 2 is 2.20 bits per heavy atom. The summed E-state index contributed by atoms with van der Waals surface area (Å²) in [5, 5.41) is 17.2. The molecule has 0 atom stereocenters. The lowest BCUT2D eigenvalue weighted by Crippen LogP contribution is -2.17. The van der Waals surface area contributed by atoms with Crippen molar-refractivity contribution < 1.29 is 15.0 Å². The lowest BCUT2D eigenvalue weighted by molar-refractivity contribution is -0.297. The standard InChI is InChI=1S/C4H10O.C3H4O2/c1-2-3-4-5;1-2-3(4)5/h5H,2-4H2,1H3;2H,1H2,(H,4,5)/p-1. The fraction of sp³-hybridized carbons (Fsp3) is 0.571. The Hall–Kier alpha value is -0.830. The number of aliphatic carboxylic acids is 1. The first-order valence-electron chi connectivity index (χ1n) is 3.13. The molecule has 10 heavy (non-hydrogen) atoms. The van der Waals surface area contributed by atoms with Crippen molar-refractivity contribution in [2.24, 2.45) is 0 Å². The Bertz CT molecular complexity index is 86.9. The van der Waals surface area contributed by atoms with Crippen LogP contribution < -0.4 is 5.11 Å². The van der Waals surface area contributed by atoms with Crippen molar-refractivity contribution in [3.8, 4) is 0 Å². The number of rotatable bonds is 3. The maximum Gasteiger partial charge on any atom is 0.0636 e. The van der Waals surface area contributed by atoms with Crippen LogP contribution >= 0.6 is 0 Å². The number of unbranched alkanes of at least 4 members (excludes halogenated alkanes) is 1. The number of aliphatic hydroxyl groups is 1. The third-order valence-electron chi connectivity index (χ3n) is 0.678. The zero-order chi connectivity index (χ0) is 8.41. The summed E-state index contributed by atoms with van der Waals surface area (Å²) in [5.41, 5.74) is 0. The highest BCUT2D eigenvalue weighted by Crippen LogP contribution is 1.78. The molecule has 3 heteroatoms. The normalized spacial score (nSPS) is 7.40. The van der Waals surface area contributed by atoms with E-state index in [1.165, 1.54) is 0 Å². The maximum absolute atomic E-state index is 9.14. The van der Waals surface area contributed by atoms with Crippen LogP contribution in [-0.4, -0.2) is 17.7 Å². The third-order valence-corrected chi connectivity index (χ3v) is 0.678. The minimum absolute atomic E-state index is 0.344. The highest BCUT2D eigenvalue weighted by Gasteiger charge is 1.69. The molecule has 0 amide bonds. The van der Waals surface area contributed by atoms with Gasteiger partial charge in [-0.25, -0.2) is 0 Å². The van der Waals surface area contributed by atoms with E-state index in [9.17, 15) is 0 Å². The van der Waals surface area contributed by atoms with Crippen LogP contribution in [0.3, 0.4) is 0 Å². The van der Waals surface area contributed by atoms with Crippen LogP contribution in [-0.2, 0) is 4.79 Å². The molecular weight excluding hydrogens is 132 g/mol. The van der Waals surface area contributed by atoms with Gasteiger partial charge in [0.25, 0.3) is 0 Å². The van der Waals surface area contributed by atoms with Crippen LogP contribution in [0.5, 0.6) is 0 Å². The zero-order valence-corrected chi connectivity index (χ0v) is 6.17. The van der Waals surface area contributed by atoms with Crippen LogP contribution in [0.1, 0.15) is 19.8 Å². The Morgan fingerprint density at radius 3 is 2.20 bits per heavy atom. The number of carbonyl (C=O) groups excluding carboxylic acids is 1. The van der Waals surface area contributed by atoms with Crippen molar-refractivity contribution in [3.05, 3.63) is 12.7 Å². The zero-order valence-electron chi connectivity index (χ0n) is 6.17. The average Bonchev–Trinajstić information content (AvgIpc) is 1.91. The summed E-state index contributed by atoms with van der Waals surface area (Å²) in [7, 11) is 0. The van der Waals surface area contributed by atoms with E-state index in [1.807, 2.05) is 0 Å². The topological polar surface area (TPSA) is 60.4 Å². The van der Waals surface area contributed by atoms with Gasteiger partial charge in [0.15, 0.2) is 0 Å². The smallest absolute Gasteiger partial charge is 0.0636 e. The van der Waals surface area contributed by atoms with Gasteiger partial charge in [-0.2, -0.15) is 0 Å². The van der Waals surface area contributed by atoms with Crippen molar-refractivity contribution in [3.63, 3.8) is 0 Å². The van der Waals surface area contributed by atoms with Gasteiger partial charge in [-0.15, -0.1) is 0 Å². The first-order valence-corrected chi connectivity index (χ1v) is 3.13. The first kappa shape index (κ1) is 11.9. The third kappa shape index (κ3) is 27.2. The molecule has 0 saturated carbocycles. The lowest BCUT2D eigenvalue weighted by atomic mass is 10.4. The van der Waals surface area contributed by atoms with E-state index >= 15 is 0 Å². The Labute approximate surface area is 61.0 Å². The van der Waals surface area contributed by atoms with Gasteiger partial charge in [0.2, 0.25) is 0 Å². The summed E-state index contributed by atoms with van der Waals surface area (Å²) in [5.74, 6) is -1.23. The van der Waals surface area contributed by atoms with Crippen molar-refractivity contribution in [1.82, 2.24) is 0 Å². The quantitative estimate of drug-likeness (QED) is 0.555. The molecule has 0 unspecified atom stereocenters. The molecule has 0 bridgehead atoms. The van der Waals surface area contributed by atoms with Gasteiger partial charge in [-0.05, 0) is 12.5 Å². The van der Waals surface area contributed by atoms with Crippen molar-refractivity contribution in [2.75, 3.05) is 6.61 Å². The van der Waals surface area contributed by atoms with Crippen LogP contribution in [0, 0.1) is 0 Å². The fourth-order valence-corrected chi connectivity index (χ4v) is 0.158. The molecule has 0 rings (SSSR count). The molecule has 1 N–H and O–H groups in total. The summed E-state index contributed by atoms with van der Waals surface area (Å²) in [6, 6.07) is 0. The number of carbonyl (C=O) groups is 1. The van der Waals surface area contributed by atoms with Gasteiger partial charge in [0.05, 0.1) is 5.97 Å². The number of aliphatic hydroxyl groups excluding tert-OH is 1. The molecule has 0 aliphatic heterocycles. The maximum atomic E-state index is 9.14. The highest BCUT2D eigenvalue weighted by molar-refractivity contribution is 5.76. The Morgan fingerprint density at radius 1 is 1.80 bits per heavy atom. The van der Waals surface area contributed by atoms with Crippen LogP contribution in [0.25, 0.3) is 0 Å². The molecular formula is C7H13O3-. The predicted octanol–water partition coefficient (Wildman–Crippen LogP) is -0.299. The molecule has 0 spiro atoms. The second-order valence-electron chi connectivity index (χ2n) is 1.60. The van der Waals surface area contributed by atoms with Gasteiger partial charge >= 0.3 is 0 Å². The molecule has 0 aromatic carbocycles. The van der Waals surface area contributed by atoms with E-state index in [0.717, 1.165) is 18.9 Å². The van der Waals surface area contributed by atoms with E-state index in [-0.39, 0.29) is 0 Å². The second kappa shape index (κ2) is 11.0. The molecule has 0 aliphatic carbocycles.